The van der Waals surface area contributed by atoms with Crippen LogP contribution in [0.3, 0.4) is 0 Å². The average Bonchev–Trinajstić information content (AvgIpc) is 3.24. The number of nitrogens with one attached hydrogen (secondary N) is 1. The first kappa shape index (κ1) is 21.9. The number of nitrogens with zero attached hydrogens (tertiary/aromatic N) is 1. The van der Waals surface area contributed by atoms with Gasteiger partial charge in [-0.2, -0.15) is 5.26 Å². The second-order valence-electron chi connectivity index (χ2n) is 7.43. The van der Waals surface area contributed by atoms with E-state index in [2.05, 4.69) is 27.3 Å². The largest absolute Gasteiger partial charge is 0.493 e. The third kappa shape index (κ3) is 5.64. The van der Waals surface area contributed by atoms with E-state index in [1.165, 1.54) is 5.56 Å². The van der Waals surface area contributed by atoms with Gasteiger partial charge in [0, 0.05) is 10.5 Å². The lowest BCUT2D eigenvalue weighted by atomic mass is 10.1. The van der Waals surface area contributed by atoms with Gasteiger partial charge in [-0.25, -0.2) is 0 Å². The summed E-state index contributed by atoms with van der Waals surface area (Å²) in [6, 6.07) is 13.8. The Labute approximate surface area is 185 Å². The van der Waals surface area contributed by atoms with Crippen molar-refractivity contribution < 1.29 is 14.3 Å². The first-order valence-corrected chi connectivity index (χ1v) is 10.8. The minimum atomic E-state index is -0.338. The van der Waals surface area contributed by atoms with Crippen molar-refractivity contribution in [3.63, 3.8) is 0 Å². The maximum Gasteiger partial charge on any atom is 0.262 e. The van der Waals surface area contributed by atoms with Crippen LogP contribution in [-0.4, -0.2) is 19.1 Å². The summed E-state index contributed by atoms with van der Waals surface area (Å²) in [6.45, 7) is 2.45. The molecule has 2 aromatic rings. The van der Waals surface area contributed by atoms with E-state index in [0.717, 1.165) is 31.2 Å². The molecule has 1 N–H and O–H groups in total. The Morgan fingerprint density at radius 3 is 2.70 bits per heavy atom. The van der Waals surface area contributed by atoms with Gasteiger partial charge in [-0.05, 0) is 49.1 Å². The van der Waals surface area contributed by atoms with Crippen LogP contribution in [0.1, 0.15) is 42.4 Å². The number of amides is 1. The second kappa shape index (κ2) is 10.3. The van der Waals surface area contributed by atoms with E-state index in [1.807, 2.05) is 31.2 Å². The maximum atomic E-state index is 12.5. The van der Waals surface area contributed by atoms with Gasteiger partial charge in [0.05, 0.1) is 7.11 Å². The van der Waals surface area contributed by atoms with Crippen LogP contribution >= 0.6 is 15.9 Å². The minimum absolute atomic E-state index is 0.0677. The molecule has 0 aromatic heterocycles. The molecule has 6 heteroatoms. The zero-order valence-corrected chi connectivity index (χ0v) is 18.8. The Morgan fingerprint density at radius 1 is 1.27 bits per heavy atom. The van der Waals surface area contributed by atoms with Gasteiger partial charge in [-0.1, -0.05) is 58.6 Å². The number of hydrogen-bond donors (Lipinski definition) is 1. The van der Waals surface area contributed by atoms with Crippen molar-refractivity contribution >= 4 is 27.9 Å². The van der Waals surface area contributed by atoms with E-state index < -0.39 is 0 Å². The van der Waals surface area contributed by atoms with Gasteiger partial charge in [0.25, 0.3) is 5.91 Å². The first-order chi connectivity index (χ1) is 14.5. The third-order valence-electron chi connectivity index (χ3n) is 5.12. The fourth-order valence-corrected chi connectivity index (χ4v) is 3.97. The van der Waals surface area contributed by atoms with Gasteiger partial charge < -0.3 is 14.8 Å². The number of hydrogen-bond acceptors (Lipinski definition) is 4. The quantitative estimate of drug-likeness (QED) is 0.441. The highest BCUT2D eigenvalue weighted by Crippen LogP contribution is 2.35. The van der Waals surface area contributed by atoms with Crippen LogP contribution in [-0.2, 0) is 11.4 Å². The lowest BCUT2D eigenvalue weighted by Crippen LogP contribution is -2.33. The average molecular weight is 469 g/mol. The van der Waals surface area contributed by atoms with E-state index >= 15 is 0 Å². The van der Waals surface area contributed by atoms with Crippen molar-refractivity contribution in [1.29, 1.82) is 5.26 Å². The van der Waals surface area contributed by atoms with Crippen LogP contribution in [0.4, 0.5) is 0 Å². The fourth-order valence-electron chi connectivity index (χ4n) is 3.53. The lowest BCUT2D eigenvalue weighted by molar-refractivity contribution is -0.117. The predicted octanol–water partition coefficient (Wildman–Crippen LogP) is 5.31. The molecule has 0 radical (unpaired) electrons. The Morgan fingerprint density at radius 2 is 2.03 bits per heavy atom. The molecular formula is C24H25BrN2O3. The Balaban J connectivity index is 1.78. The molecule has 0 bridgehead atoms. The van der Waals surface area contributed by atoms with Crippen LogP contribution in [0, 0.1) is 18.3 Å². The zero-order valence-electron chi connectivity index (χ0n) is 17.2. The highest BCUT2D eigenvalue weighted by molar-refractivity contribution is 9.10. The monoisotopic (exact) mass is 468 g/mol. The van der Waals surface area contributed by atoms with Gasteiger partial charge in [-0.15, -0.1) is 0 Å². The van der Waals surface area contributed by atoms with Crippen molar-refractivity contribution in [2.45, 2.75) is 45.3 Å². The number of rotatable bonds is 7. The standard InChI is InChI=1S/C24H25BrN2O3/c1-16-6-5-7-17(10-16)15-30-23-13-21(25)18(12-22(23)29-2)11-19(14-26)24(28)27-20-8-3-4-9-20/h5-7,10-13,20H,3-4,8-9,15H2,1-2H3,(H,27,28)/b19-11-. The fraction of sp³-hybridized carbons (Fsp3) is 0.333. The molecule has 0 heterocycles. The molecule has 156 valence electrons. The molecule has 1 aliphatic carbocycles. The molecular weight excluding hydrogens is 444 g/mol. The van der Waals surface area contributed by atoms with Gasteiger partial charge in [0.15, 0.2) is 11.5 Å². The highest BCUT2D eigenvalue weighted by atomic mass is 79.9. The molecule has 1 fully saturated rings. The summed E-state index contributed by atoms with van der Waals surface area (Å²) in [7, 11) is 1.56. The normalized spacial score (nSPS) is 14.3. The Hall–Kier alpha value is -2.78. The smallest absolute Gasteiger partial charge is 0.262 e. The molecule has 1 saturated carbocycles. The van der Waals surface area contributed by atoms with Crippen molar-refractivity contribution in [2.24, 2.45) is 0 Å². The van der Waals surface area contributed by atoms with Crippen molar-refractivity contribution in [3.05, 3.63) is 63.1 Å². The van der Waals surface area contributed by atoms with E-state index in [-0.39, 0.29) is 17.5 Å². The van der Waals surface area contributed by atoms with Gasteiger partial charge in [0.2, 0.25) is 0 Å². The van der Waals surface area contributed by atoms with E-state index in [4.69, 9.17) is 9.47 Å². The lowest BCUT2D eigenvalue weighted by Gasteiger charge is -2.14. The third-order valence-corrected chi connectivity index (χ3v) is 5.80. The first-order valence-electron chi connectivity index (χ1n) is 9.98. The summed E-state index contributed by atoms with van der Waals surface area (Å²) in [6.07, 6.45) is 5.73. The number of nitriles is 1. The van der Waals surface area contributed by atoms with Gasteiger partial charge >= 0.3 is 0 Å². The van der Waals surface area contributed by atoms with Crippen LogP contribution in [0.15, 0.2) is 46.4 Å². The highest BCUT2D eigenvalue weighted by Gasteiger charge is 2.20. The number of carbonyl (C=O) groups excluding carboxylic acids is 1. The topological polar surface area (TPSA) is 71.3 Å². The Kier molecular flexibility index (Phi) is 7.53. The molecule has 0 spiro atoms. The number of aryl methyl sites for hydroxylation is 1. The van der Waals surface area contributed by atoms with E-state index in [0.29, 0.717) is 28.1 Å². The summed E-state index contributed by atoms with van der Waals surface area (Å²) in [4.78, 5) is 12.5. The number of benzene rings is 2. The Bertz CT molecular complexity index is 988. The van der Waals surface area contributed by atoms with Crippen molar-refractivity contribution in [2.75, 3.05) is 7.11 Å². The summed E-state index contributed by atoms with van der Waals surface area (Å²) >= 11 is 3.52. The summed E-state index contributed by atoms with van der Waals surface area (Å²) < 4.78 is 12.1. The van der Waals surface area contributed by atoms with Crippen molar-refractivity contribution in [1.82, 2.24) is 5.32 Å². The molecule has 1 aliphatic rings. The molecule has 0 unspecified atom stereocenters. The van der Waals surface area contributed by atoms with E-state index in [1.54, 1.807) is 25.3 Å². The maximum absolute atomic E-state index is 12.5. The minimum Gasteiger partial charge on any atom is -0.493 e. The molecule has 3 rings (SSSR count). The van der Waals surface area contributed by atoms with Crippen molar-refractivity contribution in [3.8, 4) is 17.6 Å². The molecule has 2 aromatic carbocycles. The van der Waals surface area contributed by atoms with Crippen LogP contribution in [0.2, 0.25) is 0 Å². The summed E-state index contributed by atoms with van der Waals surface area (Å²) in [5, 5.41) is 12.4. The van der Waals surface area contributed by atoms with E-state index in [9.17, 15) is 10.1 Å². The molecule has 0 aliphatic heterocycles. The van der Waals surface area contributed by atoms with Crippen LogP contribution in [0.25, 0.3) is 6.08 Å². The van der Waals surface area contributed by atoms with Gasteiger partial charge in [-0.3, -0.25) is 4.79 Å². The molecule has 30 heavy (non-hydrogen) atoms. The second-order valence-corrected chi connectivity index (χ2v) is 8.28. The summed E-state index contributed by atoms with van der Waals surface area (Å²) in [5.74, 6) is 0.776. The van der Waals surface area contributed by atoms with Crippen LogP contribution in [0.5, 0.6) is 11.5 Å². The zero-order chi connectivity index (χ0) is 21.5. The van der Waals surface area contributed by atoms with Gasteiger partial charge in [0.1, 0.15) is 18.2 Å². The number of ether oxygens (including phenoxy) is 2. The molecule has 0 atom stereocenters. The molecule has 1 amide bonds. The summed E-state index contributed by atoms with van der Waals surface area (Å²) in [5.41, 5.74) is 2.98. The van der Waals surface area contributed by atoms with Crippen LogP contribution < -0.4 is 14.8 Å². The number of halogens is 1. The SMILES string of the molecule is COc1cc(/C=C(/C#N)C(=O)NC2CCCC2)c(Br)cc1OCc1cccc(C)c1. The molecule has 0 saturated heterocycles. The number of carbonyl (C=O) groups is 1. The number of methoxy groups -OCH3 is 1. The molecule has 5 nitrogen and oxygen atoms in total. The predicted molar refractivity (Wildman–Crippen MR) is 120 cm³/mol.